The SMILES string of the molecule is c1ccc(-c2nc3sc4ccccc4c3nc2-n2c3ccccc3c3cc4c(cc32)oc2ccc3ccccc3c24)cc1. The van der Waals surface area contributed by atoms with E-state index in [0.717, 1.165) is 71.2 Å². The van der Waals surface area contributed by atoms with Gasteiger partial charge in [-0.1, -0.05) is 97.1 Å². The number of benzene rings is 6. The largest absolute Gasteiger partial charge is 0.456 e. The molecule has 0 saturated heterocycles. The lowest BCUT2D eigenvalue weighted by atomic mass is 10.0. The first-order valence-corrected chi connectivity index (χ1v) is 15.2. The molecule has 6 aromatic carbocycles. The summed E-state index contributed by atoms with van der Waals surface area (Å²) in [4.78, 5) is 11.7. The van der Waals surface area contributed by atoms with Gasteiger partial charge in [0.2, 0.25) is 0 Å². The molecule has 10 rings (SSSR count). The molecule has 4 heterocycles. The number of rotatable bonds is 2. The molecule has 0 spiro atoms. The van der Waals surface area contributed by atoms with E-state index < -0.39 is 0 Å². The van der Waals surface area contributed by atoms with Gasteiger partial charge in [0.25, 0.3) is 0 Å². The number of aromatic nitrogens is 3. The van der Waals surface area contributed by atoms with Crippen LogP contribution in [0, 0.1) is 0 Å². The maximum Gasteiger partial charge on any atom is 0.165 e. The van der Waals surface area contributed by atoms with Crippen LogP contribution < -0.4 is 0 Å². The molecule has 0 amide bonds. The van der Waals surface area contributed by atoms with Crippen molar-refractivity contribution in [3.05, 3.63) is 127 Å². The van der Waals surface area contributed by atoms with Gasteiger partial charge in [0.1, 0.15) is 27.2 Å². The Morgan fingerprint density at radius 3 is 2.23 bits per heavy atom. The van der Waals surface area contributed by atoms with E-state index in [1.54, 1.807) is 11.3 Å². The second-order valence-electron chi connectivity index (χ2n) is 11.0. The van der Waals surface area contributed by atoms with Crippen molar-refractivity contribution in [2.45, 2.75) is 0 Å². The van der Waals surface area contributed by atoms with Crippen LogP contribution in [0.2, 0.25) is 0 Å². The lowest BCUT2D eigenvalue weighted by Crippen LogP contribution is -2.02. The minimum Gasteiger partial charge on any atom is -0.456 e. The topological polar surface area (TPSA) is 43.9 Å². The minimum atomic E-state index is 0.814. The fourth-order valence-electron chi connectivity index (χ4n) is 6.70. The zero-order valence-electron chi connectivity index (χ0n) is 22.8. The summed E-state index contributed by atoms with van der Waals surface area (Å²) in [5, 5.41) is 8.15. The van der Waals surface area contributed by atoms with Crippen molar-refractivity contribution in [1.82, 2.24) is 14.5 Å². The molecule has 0 saturated carbocycles. The Kier molecular flexibility index (Phi) is 4.57. The normalized spacial score (nSPS) is 12.2. The average Bonchev–Trinajstić information content (AvgIpc) is 3.72. The second kappa shape index (κ2) is 8.51. The molecular weight excluding hydrogens is 547 g/mol. The predicted molar refractivity (Wildman–Crippen MR) is 179 cm³/mol. The Hall–Kier alpha value is -5.52. The molecule has 200 valence electrons. The molecule has 4 aromatic heterocycles. The number of fused-ring (bicyclic) bond motifs is 11. The van der Waals surface area contributed by atoms with Gasteiger partial charge in [0, 0.05) is 43.3 Å². The summed E-state index contributed by atoms with van der Waals surface area (Å²) >= 11 is 1.69. The molecule has 0 aliphatic carbocycles. The molecule has 4 nitrogen and oxygen atoms in total. The third kappa shape index (κ3) is 3.20. The van der Waals surface area contributed by atoms with E-state index >= 15 is 0 Å². The van der Waals surface area contributed by atoms with Crippen molar-refractivity contribution in [3.63, 3.8) is 0 Å². The first-order valence-electron chi connectivity index (χ1n) is 14.3. The van der Waals surface area contributed by atoms with Crippen molar-refractivity contribution >= 4 is 86.3 Å². The summed E-state index contributed by atoms with van der Waals surface area (Å²) in [6.45, 7) is 0. The molecular formula is C38H21N3OS. The van der Waals surface area contributed by atoms with E-state index in [1.807, 2.05) is 6.07 Å². The molecule has 10 aromatic rings. The number of hydrogen-bond acceptors (Lipinski definition) is 4. The van der Waals surface area contributed by atoms with Gasteiger partial charge in [0.05, 0.1) is 11.0 Å². The molecule has 0 N–H and O–H groups in total. The zero-order valence-corrected chi connectivity index (χ0v) is 23.6. The summed E-state index contributed by atoms with van der Waals surface area (Å²) in [5.41, 5.74) is 6.71. The number of thiophene rings is 1. The number of para-hydroxylation sites is 1. The first kappa shape index (κ1) is 23.1. The summed E-state index contributed by atoms with van der Waals surface area (Å²) in [6.07, 6.45) is 0. The Morgan fingerprint density at radius 2 is 1.33 bits per heavy atom. The second-order valence-corrected chi connectivity index (χ2v) is 12.0. The van der Waals surface area contributed by atoms with Crippen LogP contribution in [-0.2, 0) is 0 Å². The minimum absolute atomic E-state index is 0.814. The van der Waals surface area contributed by atoms with Crippen LogP contribution >= 0.6 is 11.3 Å². The van der Waals surface area contributed by atoms with Crippen LogP contribution in [0.1, 0.15) is 0 Å². The monoisotopic (exact) mass is 567 g/mol. The smallest absolute Gasteiger partial charge is 0.165 e. The van der Waals surface area contributed by atoms with Crippen molar-refractivity contribution in [2.24, 2.45) is 0 Å². The van der Waals surface area contributed by atoms with Gasteiger partial charge in [-0.25, -0.2) is 9.97 Å². The van der Waals surface area contributed by atoms with Crippen molar-refractivity contribution < 1.29 is 4.42 Å². The summed E-state index contributed by atoms with van der Waals surface area (Å²) in [6, 6.07) is 44.6. The Balaban J connectivity index is 1.38. The third-order valence-corrected chi connectivity index (χ3v) is 9.66. The van der Waals surface area contributed by atoms with Crippen LogP contribution in [0.3, 0.4) is 0 Å². The summed E-state index contributed by atoms with van der Waals surface area (Å²) in [7, 11) is 0. The van der Waals surface area contributed by atoms with Crippen molar-refractivity contribution in [1.29, 1.82) is 0 Å². The fourth-order valence-corrected chi connectivity index (χ4v) is 7.71. The van der Waals surface area contributed by atoms with E-state index in [2.05, 4.69) is 126 Å². The van der Waals surface area contributed by atoms with Crippen molar-refractivity contribution in [3.8, 4) is 17.1 Å². The highest BCUT2D eigenvalue weighted by Crippen LogP contribution is 2.42. The quantitative estimate of drug-likeness (QED) is 0.209. The van der Waals surface area contributed by atoms with Crippen LogP contribution in [-0.4, -0.2) is 14.5 Å². The van der Waals surface area contributed by atoms with Crippen LogP contribution in [0.4, 0.5) is 0 Å². The van der Waals surface area contributed by atoms with Gasteiger partial charge in [-0.15, -0.1) is 11.3 Å². The molecule has 0 bridgehead atoms. The molecule has 0 atom stereocenters. The lowest BCUT2D eigenvalue weighted by molar-refractivity contribution is 0.669. The van der Waals surface area contributed by atoms with Crippen LogP contribution in [0.5, 0.6) is 0 Å². The van der Waals surface area contributed by atoms with Gasteiger partial charge in [0.15, 0.2) is 5.82 Å². The van der Waals surface area contributed by atoms with E-state index in [9.17, 15) is 0 Å². The zero-order chi connectivity index (χ0) is 28.1. The highest BCUT2D eigenvalue weighted by molar-refractivity contribution is 7.25. The molecule has 0 unspecified atom stereocenters. The summed E-state index contributed by atoms with van der Waals surface area (Å²) < 4.78 is 10.00. The van der Waals surface area contributed by atoms with E-state index in [1.165, 1.54) is 20.9 Å². The van der Waals surface area contributed by atoms with E-state index in [-0.39, 0.29) is 0 Å². The molecule has 0 fully saturated rings. The highest BCUT2D eigenvalue weighted by Gasteiger charge is 2.22. The number of hydrogen-bond donors (Lipinski definition) is 0. The van der Waals surface area contributed by atoms with Gasteiger partial charge < -0.3 is 4.42 Å². The average molecular weight is 568 g/mol. The maximum atomic E-state index is 6.54. The standard InChI is InChI=1S/C38H21N3OS/c1-2-11-23(12-3-1)35-37(39-36-26-15-7-9-17-33(26)43-38(36)40-35)41-29-16-8-6-14-25(29)27-20-28-32(21-30(27)41)42-31-19-18-22-10-4-5-13-24(22)34(28)31/h1-21H. The molecule has 5 heteroatoms. The van der Waals surface area contributed by atoms with Crippen LogP contribution in [0.25, 0.3) is 92.0 Å². The molecule has 0 radical (unpaired) electrons. The van der Waals surface area contributed by atoms with Gasteiger partial charge in [-0.05, 0) is 35.0 Å². The van der Waals surface area contributed by atoms with Crippen LogP contribution in [0.15, 0.2) is 132 Å². The highest BCUT2D eigenvalue weighted by atomic mass is 32.1. The first-order chi connectivity index (χ1) is 21.3. The lowest BCUT2D eigenvalue weighted by Gasteiger charge is -2.12. The summed E-state index contributed by atoms with van der Waals surface area (Å²) in [5.74, 6) is 0.814. The third-order valence-electron chi connectivity index (χ3n) is 8.61. The molecule has 0 aliphatic heterocycles. The Labute approximate surface area is 249 Å². The molecule has 0 aliphatic rings. The fraction of sp³-hybridized carbons (Fsp3) is 0. The van der Waals surface area contributed by atoms with E-state index in [4.69, 9.17) is 14.4 Å². The Morgan fingerprint density at radius 1 is 0.558 bits per heavy atom. The number of furan rings is 1. The van der Waals surface area contributed by atoms with Gasteiger partial charge in [-0.2, -0.15) is 0 Å². The predicted octanol–water partition coefficient (Wildman–Crippen LogP) is 10.7. The maximum absolute atomic E-state index is 6.54. The molecule has 43 heavy (non-hydrogen) atoms. The van der Waals surface area contributed by atoms with Gasteiger partial charge >= 0.3 is 0 Å². The number of nitrogens with zero attached hydrogens (tertiary/aromatic N) is 3. The van der Waals surface area contributed by atoms with Crippen molar-refractivity contribution in [2.75, 3.05) is 0 Å². The van der Waals surface area contributed by atoms with Gasteiger partial charge in [-0.3, -0.25) is 4.57 Å². The Bertz CT molecular complexity index is 2730. The van der Waals surface area contributed by atoms with E-state index in [0.29, 0.717) is 0 Å².